The molecule has 0 spiro atoms. The van der Waals surface area contributed by atoms with Crippen molar-refractivity contribution in [2.24, 2.45) is 0 Å². The fraction of sp³-hybridized carbons (Fsp3) is 0.467. The standard InChI is InChI=1S/C15H17F6N3O2/c1-2-3-4-22-13(26)24-12(25)8-23-11-6-9(14(16,17)18)5-10(7-11)15(19,20)21/h5-7,23H,2-4,8H2,1H3,(H2,22,24,25,26). The number of rotatable bonds is 6. The summed E-state index contributed by atoms with van der Waals surface area (Å²) in [6.45, 7) is 1.53. The zero-order chi connectivity index (χ0) is 20.0. The Morgan fingerprint density at radius 1 is 0.962 bits per heavy atom. The van der Waals surface area contributed by atoms with Crippen LogP contribution in [0.3, 0.4) is 0 Å². The largest absolute Gasteiger partial charge is 0.416 e. The van der Waals surface area contributed by atoms with Gasteiger partial charge in [0.15, 0.2) is 0 Å². The number of hydrogen-bond acceptors (Lipinski definition) is 3. The smallest absolute Gasteiger partial charge is 0.376 e. The molecule has 0 aliphatic carbocycles. The van der Waals surface area contributed by atoms with Gasteiger partial charge in [0.25, 0.3) is 0 Å². The van der Waals surface area contributed by atoms with Gasteiger partial charge in [-0.25, -0.2) is 4.79 Å². The van der Waals surface area contributed by atoms with Gasteiger partial charge in [0.05, 0.1) is 17.7 Å². The van der Waals surface area contributed by atoms with Gasteiger partial charge in [-0.15, -0.1) is 0 Å². The van der Waals surface area contributed by atoms with Crippen molar-refractivity contribution in [2.45, 2.75) is 32.1 Å². The van der Waals surface area contributed by atoms with Crippen molar-refractivity contribution < 1.29 is 35.9 Å². The minimum atomic E-state index is -4.99. The van der Waals surface area contributed by atoms with Crippen molar-refractivity contribution in [3.8, 4) is 0 Å². The summed E-state index contributed by atoms with van der Waals surface area (Å²) in [5.41, 5.74) is -3.56. The summed E-state index contributed by atoms with van der Waals surface area (Å²) < 4.78 is 76.4. The molecule has 0 unspecified atom stereocenters. The predicted octanol–water partition coefficient (Wildman–Crippen LogP) is 3.76. The maximum absolute atomic E-state index is 12.7. The van der Waals surface area contributed by atoms with Crippen LogP contribution in [0.2, 0.25) is 0 Å². The number of carbonyl (C=O) groups excluding carboxylic acids is 2. The molecule has 0 heterocycles. The van der Waals surface area contributed by atoms with Gasteiger partial charge in [0.1, 0.15) is 0 Å². The molecular weight excluding hydrogens is 368 g/mol. The van der Waals surface area contributed by atoms with Crippen molar-refractivity contribution >= 4 is 17.6 Å². The monoisotopic (exact) mass is 385 g/mol. The lowest BCUT2D eigenvalue weighted by molar-refractivity contribution is -0.143. The van der Waals surface area contributed by atoms with Gasteiger partial charge < -0.3 is 10.6 Å². The van der Waals surface area contributed by atoms with Gasteiger partial charge in [-0.2, -0.15) is 26.3 Å². The molecule has 0 saturated heterocycles. The van der Waals surface area contributed by atoms with Crippen LogP contribution in [0.5, 0.6) is 0 Å². The Bertz CT molecular complexity index is 611. The van der Waals surface area contributed by atoms with E-state index < -0.39 is 47.6 Å². The Labute approximate surface area is 145 Å². The highest BCUT2D eigenvalue weighted by Gasteiger charge is 2.36. The molecule has 1 aromatic rings. The third kappa shape index (κ3) is 7.19. The van der Waals surface area contributed by atoms with E-state index in [2.05, 4.69) is 10.6 Å². The van der Waals surface area contributed by atoms with Gasteiger partial charge in [0, 0.05) is 12.2 Å². The van der Waals surface area contributed by atoms with E-state index in [1.54, 1.807) is 0 Å². The van der Waals surface area contributed by atoms with Crippen LogP contribution in [-0.2, 0) is 17.1 Å². The van der Waals surface area contributed by atoms with Gasteiger partial charge in [-0.3, -0.25) is 10.1 Å². The van der Waals surface area contributed by atoms with Gasteiger partial charge in [-0.1, -0.05) is 13.3 Å². The number of amides is 3. The first kappa shape index (κ1) is 21.6. The molecular formula is C15H17F6N3O2. The van der Waals surface area contributed by atoms with Crippen molar-refractivity contribution in [3.05, 3.63) is 29.3 Å². The maximum Gasteiger partial charge on any atom is 0.416 e. The minimum Gasteiger partial charge on any atom is -0.376 e. The number of anilines is 1. The summed E-state index contributed by atoms with van der Waals surface area (Å²) in [5, 5.41) is 6.43. The van der Waals surface area contributed by atoms with E-state index in [0.29, 0.717) is 25.1 Å². The van der Waals surface area contributed by atoms with Crippen LogP contribution < -0.4 is 16.0 Å². The lowest BCUT2D eigenvalue weighted by Gasteiger charge is -2.15. The summed E-state index contributed by atoms with van der Waals surface area (Å²) in [5.74, 6) is -0.912. The fourth-order valence-corrected chi connectivity index (χ4v) is 1.83. The summed E-state index contributed by atoms with van der Waals surface area (Å²) >= 11 is 0. The zero-order valence-corrected chi connectivity index (χ0v) is 13.6. The summed E-state index contributed by atoms with van der Waals surface area (Å²) in [6, 6.07) is 0.0744. The van der Waals surface area contributed by atoms with Crippen LogP contribution in [0.25, 0.3) is 0 Å². The molecule has 0 bridgehead atoms. The van der Waals surface area contributed by atoms with Crippen LogP contribution in [0, 0.1) is 0 Å². The number of halogens is 6. The number of nitrogens with one attached hydrogen (secondary N) is 3. The Morgan fingerprint density at radius 3 is 1.96 bits per heavy atom. The predicted molar refractivity (Wildman–Crippen MR) is 81.4 cm³/mol. The Morgan fingerprint density at radius 2 is 1.50 bits per heavy atom. The summed E-state index contributed by atoms with van der Waals surface area (Å²) in [4.78, 5) is 22.9. The van der Waals surface area contributed by atoms with Crippen molar-refractivity contribution in [1.29, 1.82) is 0 Å². The first-order valence-electron chi connectivity index (χ1n) is 7.54. The van der Waals surface area contributed by atoms with Crippen LogP contribution >= 0.6 is 0 Å². The second-order valence-electron chi connectivity index (χ2n) is 5.31. The highest BCUT2D eigenvalue weighted by atomic mass is 19.4. The lowest BCUT2D eigenvalue weighted by Crippen LogP contribution is -2.42. The molecule has 0 saturated carbocycles. The Balaban J connectivity index is 2.77. The van der Waals surface area contributed by atoms with Crippen molar-refractivity contribution in [1.82, 2.24) is 10.6 Å². The zero-order valence-electron chi connectivity index (χ0n) is 13.6. The van der Waals surface area contributed by atoms with E-state index in [4.69, 9.17) is 0 Å². The van der Waals surface area contributed by atoms with E-state index in [1.165, 1.54) is 0 Å². The molecule has 0 aliphatic rings. The van der Waals surface area contributed by atoms with E-state index in [9.17, 15) is 35.9 Å². The lowest BCUT2D eigenvalue weighted by atomic mass is 10.1. The maximum atomic E-state index is 12.7. The van der Waals surface area contributed by atoms with Crippen LogP contribution in [0.15, 0.2) is 18.2 Å². The third-order valence-electron chi connectivity index (χ3n) is 3.11. The molecule has 0 aromatic heterocycles. The minimum absolute atomic E-state index is 0.0214. The van der Waals surface area contributed by atoms with Gasteiger partial charge >= 0.3 is 18.4 Å². The van der Waals surface area contributed by atoms with Crippen LogP contribution in [-0.4, -0.2) is 25.0 Å². The van der Waals surface area contributed by atoms with Gasteiger partial charge in [-0.05, 0) is 24.6 Å². The second-order valence-corrected chi connectivity index (χ2v) is 5.31. The SMILES string of the molecule is CCCCNC(=O)NC(=O)CNc1cc(C(F)(F)F)cc(C(F)(F)F)c1. The van der Waals surface area contributed by atoms with Crippen LogP contribution in [0.4, 0.5) is 36.8 Å². The number of imide groups is 1. The molecule has 26 heavy (non-hydrogen) atoms. The Hall–Kier alpha value is -2.46. The number of urea groups is 1. The van der Waals surface area contributed by atoms with E-state index in [1.807, 2.05) is 12.2 Å². The van der Waals surface area contributed by atoms with Crippen molar-refractivity contribution in [3.63, 3.8) is 0 Å². The molecule has 0 aliphatic heterocycles. The fourth-order valence-electron chi connectivity index (χ4n) is 1.83. The number of unbranched alkanes of at least 4 members (excludes halogenated alkanes) is 1. The molecule has 1 aromatic carbocycles. The molecule has 11 heteroatoms. The molecule has 0 radical (unpaired) electrons. The average Bonchev–Trinajstić information content (AvgIpc) is 2.51. The summed E-state index contributed by atoms with van der Waals surface area (Å²) in [7, 11) is 0. The number of carbonyl (C=O) groups is 2. The highest BCUT2D eigenvalue weighted by molar-refractivity contribution is 5.96. The molecule has 3 amide bonds. The molecule has 5 nitrogen and oxygen atoms in total. The van der Waals surface area contributed by atoms with Crippen molar-refractivity contribution in [2.75, 3.05) is 18.4 Å². The highest BCUT2D eigenvalue weighted by Crippen LogP contribution is 2.37. The molecule has 1 rings (SSSR count). The second kappa shape index (κ2) is 8.77. The molecule has 146 valence electrons. The first-order valence-corrected chi connectivity index (χ1v) is 7.54. The third-order valence-corrected chi connectivity index (χ3v) is 3.11. The average molecular weight is 385 g/mol. The Kier molecular flexibility index (Phi) is 7.28. The van der Waals surface area contributed by atoms with E-state index >= 15 is 0 Å². The van der Waals surface area contributed by atoms with Gasteiger partial charge in [0.2, 0.25) is 5.91 Å². The number of alkyl halides is 6. The van der Waals surface area contributed by atoms with E-state index in [0.717, 1.165) is 6.42 Å². The molecule has 0 fully saturated rings. The molecule has 3 N–H and O–H groups in total. The topological polar surface area (TPSA) is 70.2 Å². The quantitative estimate of drug-likeness (QED) is 0.516. The molecule has 0 atom stereocenters. The normalized spacial score (nSPS) is 11.8. The summed E-state index contributed by atoms with van der Waals surface area (Å²) in [6.07, 6.45) is -8.48. The van der Waals surface area contributed by atoms with E-state index in [-0.39, 0.29) is 6.07 Å². The van der Waals surface area contributed by atoms with Crippen LogP contribution in [0.1, 0.15) is 30.9 Å². The number of hydrogen-bond donors (Lipinski definition) is 3. The first-order chi connectivity index (χ1) is 11.9. The number of benzene rings is 1.